The first-order chi connectivity index (χ1) is 36.0. The lowest BCUT2D eigenvalue weighted by Gasteiger charge is -2.23. The largest absolute Gasteiger partial charge is 0.256 e. The molecule has 0 N–H and O–H groups in total. The summed E-state index contributed by atoms with van der Waals surface area (Å²) in [5.74, 6) is 0.679. The van der Waals surface area contributed by atoms with Crippen LogP contribution in [0.1, 0.15) is 61.1 Å². The van der Waals surface area contributed by atoms with Gasteiger partial charge in [-0.25, -0.2) is 9.97 Å². The summed E-state index contributed by atoms with van der Waals surface area (Å²) < 4.78 is 0. The van der Waals surface area contributed by atoms with Gasteiger partial charge < -0.3 is 0 Å². The van der Waals surface area contributed by atoms with Gasteiger partial charge >= 0.3 is 0 Å². The summed E-state index contributed by atoms with van der Waals surface area (Å²) in [6.45, 7) is 13.8. The highest BCUT2D eigenvalue weighted by Crippen LogP contribution is 2.52. The number of hydrogen-bond acceptors (Lipinski definition) is 4. The molecule has 9 aromatic carbocycles. The van der Waals surface area contributed by atoms with Crippen molar-refractivity contribution in [1.82, 2.24) is 19.9 Å². The van der Waals surface area contributed by atoms with Crippen molar-refractivity contribution in [2.45, 2.75) is 52.4 Å². The zero-order valence-electron chi connectivity index (χ0n) is 42.4. The molecule has 14 rings (SSSR count). The van der Waals surface area contributed by atoms with E-state index in [1.165, 1.54) is 50.1 Å². The summed E-state index contributed by atoms with van der Waals surface area (Å²) in [6.07, 6.45) is 3.76. The molecule has 74 heavy (non-hydrogen) atoms. The van der Waals surface area contributed by atoms with E-state index in [4.69, 9.17) is 19.9 Å². The number of hydrogen-bond donors (Lipinski definition) is 0. The minimum absolute atomic E-state index is 0.151. The molecule has 352 valence electrons. The molecule has 0 fully saturated rings. The molecule has 0 spiro atoms. The van der Waals surface area contributed by atoms with Crippen molar-refractivity contribution in [3.8, 4) is 89.4 Å². The van der Waals surface area contributed by atoms with E-state index in [1.807, 2.05) is 24.5 Å². The Kier molecular flexibility index (Phi) is 9.68. The van der Waals surface area contributed by atoms with Crippen molar-refractivity contribution >= 4 is 32.7 Å². The van der Waals surface area contributed by atoms with Gasteiger partial charge in [-0.05, 0) is 146 Å². The van der Waals surface area contributed by atoms with Gasteiger partial charge in [0.2, 0.25) is 0 Å². The third-order valence-electron chi connectivity index (χ3n) is 16.4. The minimum atomic E-state index is -0.182. The maximum atomic E-state index is 5.70. The van der Waals surface area contributed by atoms with Crippen LogP contribution in [0.15, 0.2) is 207 Å². The topological polar surface area (TPSA) is 51.6 Å². The molecule has 0 atom stereocenters. The standard InChI is InChI=1S/C70H52N4/c1-41-35-47(27-29-50(41)56-21-11-15-43-17-13-33-71-64(43)56)66-59-38-49(45-25-31-54-52-19-7-9-23-60(52)69(3,4)62(54)39-45)37-58(46-26-32-55-53-20-8-10-24-61(53)70(5,6)63(55)40-46)67(59)74-68(73-66)48-28-30-51(42(2)36-48)57-22-12-16-44-18-14-34-72-65(44)57/h7-40H,1-6H3. The third-order valence-corrected chi connectivity index (χ3v) is 16.4. The van der Waals surface area contributed by atoms with Crippen LogP contribution >= 0.6 is 0 Å². The predicted molar refractivity (Wildman–Crippen MR) is 307 cm³/mol. The van der Waals surface area contributed by atoms with Gasteiger partial charge in [0.1, 0.15) is 0 Å². The molecule has 0 aliphatic heterocycles. The van der Waals surface area contributed by atoms with Crippen LogP contribution < -0.4 is 0 Å². The average molecular weight is 949 g/mol. The number of rotatable bonds is 6. The third kappa shape index (κ3) is 6.67. The summed E-state index contributed by atoms with van der Waals surface area (Å²) in [6, 6.07) is 71.2. The van der Waals surface area contributed by atoms with Gasteiger partial charge in [-0.2, -0.15) is 0 Å². The van der Waals surface area contributed by atoms with Crippen molar-refractivity contribution in [3.63, 3.8) is 0 Å². The molecule has 2 aliphatic rings. The number of pyridine rings is 2. The monoisotopic (exact) mass is 948 g/mol. The molecule has 3 heterocycles. The SMILES string of the molecule is Cc1cc(-c2nc(-c3ccc(-c4cccc5cccnc45)c(C)c3)c3cc(-c4ccc5c(c4)C(C)(C)c4ccccc4-5)cc(-c4ccc5c(c4)C(C)(C)c4ccccc4-5)c3n2)ccc1-c1cccc2cccnc12. The van der Waals surface area contributed by atoms with Crippen LogP contribution in [0.5, 0.6) is 0 Å². The zero-order chi connectivity index (χ0) is 50.0. The molecule has 0 saturated heterocycles. The fraction of sp³-hybridized carbons (Fsp3) is 0.114. The second-order valence-electron chi connectivity index (χ2n) is 21.5. The van der Waals surface area contributed by atoms with Gasteiger partial charge in [-0.15, -0.1) is 0 Å². The molecule has 2 aliphatic carbocycles. The van der Waals surface area contributed by atoms with Crippen LogP contribution in [0.25, 0.3) is 122 Å². The lowest BCUT2D eigenvalue weighted by atomic mass is 9.81. The van der Waals surface area contributed by atoms with Gasteiger partial charge in [-0.3, -0.25) is 9.97 Å². The van der Waals surface area contributed by atoms with Gasteiger partial charge in [0.25, 0.3) is 0 Å². The second-order valence-corrected chi connectivity index (χ2v) is 21.5. The Hall–Kier alpha value is -8.86. The Morgan fingerprint density at radius 2 is 0.784 bits per heavy atom. The highest BCUT2D eigenvalue weighted by atomic mass is 14.9. The van der Waals surface area contributed by atoms with E-state index in [0.717, 1.165) is 99.6 Å². The molecule has 0 saturated carbocycles. The molecule has 12 aromatic rings. The van der Waals surface area contributed by atoms with Gasteiger partial charge in [0.15, 0.2) is 5.82 Å². The number of benzene rings is 9. The number of aryl methyl sites for hydroxylation is 2. The Labute approximate surface area is 432 Å². The Bertz CT molecular complexity index is 4340. The van der Waals surface area contributed by atoms with E-state index >= 15 is 0 Å². The van der Waals surface area contributed by atoms with Crippen molar-refractivity contribution < 1.29 is 0 Å². The zero-order valence-corrected chi connectivity index (χ0v) is 42.4. The van der Waals surface area contributed by atoms with E-state index in [0.29, 0.717) is 5.82 Å². The number of nitrogens with zero attached hydrogens (tertiary/aromatic N) is 4. The van der Waals surface area contributed by atoms with Crippen LogP contribution in [-0.4, -0.2) is 19.9 Å². The van der Waals surface area contributed by atoms with E-state index in [1.54, 1.807) is 0 Å². The fourth-order valence-corrected chi connectivity index (χ4v) is 12.6. The van der Waals surface area contributed by atoms with Crippen LogP contribution in [0.3, 0.4) is 0 Å². The normalized spacial score (nSPS) is 13.8. The quantitative estimate of drug-likeness (QED) is 0.167. The highest BCUT2D eigenvalue weighted by Gasteiger charge is 2.37. The molecule has 3 aromatic heterocycles. The van der Waals surface area contributed by atoms with Crippen LogP contribution in [0.4, 0.5) is 0 Å². The second kappa shape index (κ2) is 16.3. The van der Waals surface area contributed by atoms with Gasteiger partial charge in [0, 0.05) is 67.2 Å². The molecule has 0 bridgehead atoms. The fourth-order valence-electron chi connectivity index (χ4n) is 12.6. The summed E-state index contributed by atoms with van der Waals surface area (Å²) >= 11 is 0. The average Bonchev–Trinajstić information content (AvgIpc) is 3.83. The lowest BCUT2D eigenvalue weighted by Crippen LogP contribution is -2.15. The molecular formula is C70H52N4. The number of para-hydroxylation sites is 2. The summed E-state index contributed by atoms with van der Waals surface area (Å²) in [5, 5.41) is 3.24. The molecule has 4 nitrogen and oxygen atoms in total. The van der Waals surface area contributed by atoms with Crippen molar-refractivity contribution in [1.29, 1.82) is 0 Å². The summed E-state index contributed by atoms with van der Waals surface area (Å²) in [4.78, 5) is 21.1. The first-order valence-corrected chi connectivity index (χ1v) is 25.8. The Morgan fingerprint density at radius 1 is 0.311 bits per heavy atom. The van der Waals surface area contributed by atoms with E-state index in [9.17, 15) is 0 Å². The van der Waals surface area contributed by atoms with Crippen molar-refractivity contribution in [3.05, 3.63) is 240 Å². The molecular weight excluding hydrogens is 897 g/mol. The summed E-state index contributed by atoms with van der Waals surface area (Å²) in [5.41, 5.74) is 27.4. The first kappa shape index (κ1) is 43.9. The van der Waals surface area contributed by atoms with Crippen LogP contribution in [0.2, 0.25) is 0 Å². The predicted octanol–water partition coefficient (Wildman–Crippen LogP) is 18.0. The van der Waals surface area contributed by atoms with Crippen molar-refractivity contribution in [2.75, 3.05) is 0 Å². The Balaban J connectivity index is 1.02. The van der Waals surface area contributed by atoms with Gasteiger partial charge in [-0.1, -0.05) is 173 Å². The molecule has 0 unspecified atom stereocenters. The first-order valence-electron chi connectivity index (χ1n) is 25.8. The van der Waals surface area contributed by atoms with E-state index < -0.39 is 0 Å². The Morgan fingerprint density at radius 3 is 1.38 bits per heavy atom. The number of fused-ring (bicyclic) bond motifs is 9. The summed E-state index contributed by atoms with van der Waals surface area (Å²) in [7, 11) is 0. The minimum Gasteiger partial charge on any atom is -0.256 e. The lowest BCUT2D eigenvalue weighted by molar-refractivity contribution is 0.660. The molecule has 0 radical (unpaired) electrons. The smallest absolute Gasteiger partial charge is 0.160 e. The van der Waals surface area contributed by atoms with Crippen molar-refractivity contribution in [2.24, 2.45) is 0 Å². The van der Waals surface area contributed by atoms with E-state index in [-0.39, 0.29) is 10.8 Å². The van der Waals surface area contributed by atoms with Gasteiger partial charge in [0.05, 0.1) is 22.2 Å². The van der Waals surface area contributed by atoms with Crippen LogP contribution in [-0.2, 0) is 10.8 Å². The number of aromatic nitrogens is 4. The maximum absolute atomic E-state index is 5.70. The molecule has 0 amide bonds. The highest BCUT2D eigenvalue weighted by molar-refractivity contribution is 6.06. The van der Waals surface area contributed by atoms with E-state index in [2.05, 4.69) is 224 Å². The van der Waals surface area contributed by atoms with Crippen LogP contribution in [0, 0.1) is 13.8 Å². The molecule has 4 heteroatoms. The maximum Gasteiger partial charge on any atom is 0.160 e.